The van der Waals surface area contributed by atoms with Crippen LogP contribution >= 0.6 is 0 Å². The number of pyridine rings is 1. The summed E-state index contributed by atoms with van der Waals surface area (Å²) in [4.78, 5) is 15.8. The number of hydrogen-bond acceptors (Lipinski definition) is 3. The highest BCUT2D eigenvalue weighted by molar-refractivity contribution is 5.99. The summed E-state index contributed by atoms with van der Waals surface area (Å²) in [5.74, 6) is -0.400. The van der Waals surface area contributed by atoms with E-state index in [1.165, 1.54) is 6.07 Å². The zero-order valence-corrected chi connectivity index (χ0v) is 10.2. The van der Waals surface area contributed by atoms with E-state index in [1.807, 2.05) is 0 Å². The molecule has 5 heteroatoms. The lowest BCUT2D eigenvalue weighted by Gasteiger charge is -2.10. The van der Waals surface area contributed by atoms with Gasteiger partial charge in [0.15, 0.2) is 0 Å². The summed E-state index contributed by atoms with van der Waals surface area (Å²) < 4.78 is 13.1. The molecule has 92 valence electrons. The number of aromatic nitrogens is 1. The molecule has 1 aromatic heterocycles. The zero-order chi connectivity index (χ0) is 12.6. The van der Waals surface area contributed by atoms with Gasteiger partial charge in [-0.1, -0.05) is 13.8 Å². The maximum absolute atomic E-state index is 13.1. The first kappa shape index (κ1) is 11.8. The first-order chi connectivity index (χ1) is 7.94. The smallest absolute Gasteiger partial charge is 0.255 e. The van der Waals surface area contributed by atoms with Gasteiger partial charge in [-0.05, 0) is 17.9 Å². The normalized spacial score (nSPS) is 20.8. The summed E-state index contributed by atoms with van der Waals surface area (Å²) in [6.45, 7) is 4.17. The number of carbonyl (C=O) groups excluding carboxylic acids is 1. The summed E-state index contributed by atoms with van der Waals surface area (Å²) in [5, 5.41) is 5.66. The van der Waals surface area contributed by atoms with E-state index in [4.69, 9.17) is 0 Å². The molecular formula is C12H16FN3O. The van der Waals surface area contributed by atoms with Gasteiger partial charge in [0.2, 0.25) is 0 Å². The van der Waals surface area contributed by atoms with E-state index in [9.17, 15) is 9.18 Å². The molecule has 1 aromatic rings. The standard InChI is InChI=1S/C12H16FN3O/c1-12(2)5-9(12)16-11(17)8-4-7(13)6-15-10(8)14-3/h4,6,9H,5H2,1-3H3,(H,14,15)(H,16,17). The Kier molecular flexibility index (Phi) is 2.77. The lowest BCUT2D eigenvalue weighted by molar-refractivity contribution is 0.0946. The molecule has 17 heavy (non-hydrogen) atoms. The first-order valence-electron chi connectivity index (χ1n) is 5.58. The number of halogens is 1. The van der Waals surface area contributed by atoms with Gasteiger partial charge in [-0.25, -0.2) is 9.37 Å². The minimum atomic E-state index is -0.510. The highest BCUT2D eigenvalue weighted by Gasteiger charge is 2.46. The van der Waals surface area contributed by atoms with Crippen LogP contribution in [0.2, 0.25) is 0 Å². The van der Waals surface area contributed by atoms with Gasteiger partial charge >= 0.3 is 0 Å². The largest absolute Gasteiger partial charge is 0.372 e. The third kappa shape index (κ3) is 2.38. The van der Waals surface area contributed by atoms with E-state index in [2.05, 4.69) is 29.5 Å². The molecule has 1 saturated carbocycles. The fourth-order valence-electron chi connectivity index (χ4n) is 1.76. The van der Waals surface area contributed by atoms with Gasteiger partial charge in [0.05, 0.1) is 11.8 Å². The SMILES string of the molecule is CNc1ncc(F)cc1C(=O)NC1CC1(C)C. The lowest BCUT2D eigenvalue weighted by atomic mass is 10.2. The molecule has 1 heterocycles. The quantitative estimate of drug-likeness (QED) is 0.842. The molecule has 1 fully saturated rings. The maximum atomic E-state index is 13.1. The average molecular weight is 237 g/mol. The van der Waals surface area contributed by atoms with Crippen LogP contribution in [0.4, 0.5) is 10.2 Å². The zero-order valence-electron chi connectivity index (χ0n) is 10.2. The summed E-state index contributed by atoms with van der Waals surface area (Å²) in [7, 11) is 1.65. The lowest BCUT2D eigenvalue weighted by Crippen LogP contribution is -2.29. The van der Waals surface area contributed by atoms with Crippen LogP contribution in [-0.2, 0) is 0 Å². The Hall–Kier alpha value is -1.65. The third-order valence-corrected chi connectivity index (χ3v) is 3.15. The van der Waals surface area contributed by atoms with E-state index in [1.54, 1.807) is 7.05 Å². The van der Waals surface area contributed by atoms with Gasteiger partial charge in [-0.2, -0.15) is 0 Å². The van der Waals surface area contributed by atoms with E-state index in [0.29, 0.717) is 5.82 Å². The Morgan fingerprint density at radius 2 is 2.24 bits per heavy atom. The molecule has 1 aliphatic carbocycles. The number of hydrogen-bond donors (Lipinski definition) is 2. The summed E-state index contributed by atoms with van der Waals surface area (Å²) in [6, 6.07) is 1.37. The highest BCUT2D eigenvalue weighted by Crippen LogP contribution is 2.44. The molecule has 0 saturated heterocycles. The number of amides is 1. The van der Waals surface area contributed by atoms with E-state index >= 15 is 0 Å². The second-order valence-electron chi connectivity index (χ2n) is 5.02. The van der Waals surface area contributed by atoms with Crippen molar-refractivity contribution in [1.82, 2.24) is 10.3 Å². The van der Waals surface area contributed by atoms with Crippen LogP contribution in [-0.4, -0.2) is 24.0 Å². The number of nitrogens with zero attached hydrogens (tertiary/aromatic N) is 1. The van der Waals surface area contributed by atoms with Gasteiger partial charge in [-0.15, -0.1) is 0 Å². The molecule has 1 amide bonds. The fourth-order valence-corrected chi connectivity index (χ4v) is 1.76. The molecule has 4 nitrogen and oxygen atoms in total. The van der Waals surface area contributed by atoms with Crippen molar-refractivity contribution in [1.29, 1.82) is 0 Å². The molecule has 0 aliphatic heterocycles. The third-order valence-electron chi connectivity index (χ3n) is 3.15. The molecule has 0 spiro atoms. The van der Waals surface area contributed by atoms with Crippen molar-refractivity contribution in [3.8, 4) is 0 Å². The number of anilines is 1. The van der Waals surface area contributed by atoms with Crippen LogP contribution in [0.15, 0.2) is 12.3 Å². The van der Waals surface area contributed by atoms with Crippen molar-refractivity contribution in [2.75, 3.05) is 12.4 Å². The van der Waals surface area contributed by atoms with Crippen LogP contribution in [0.25, 0.3) is 0 Å². The van der Waals surface area contributed by atoms with Crippen molar-refractivity contribution in [2.24, 2.45) is 5.41 Å². The Labute approximate surface area is 99.6 Å². The van der Waals surface area contributed by atoms with Gasteiger partial charge < -0.3 is 10.6 Å². The molecule has 1 unspecified atom stereocenters. The van der Waals surface area contributed by atoms with Crippen LogP contribution < -0.4 is 10.6 Å². The van der Waals surface area contributed by atoms with Crippen LogP contribution in [0.1, 0.15) is 30.6 Å². The van der Waals surface area contributed by atoms with Gasteiger partial charge in [0.25, 0.3) is 5.91 Å². The predicted octanol–water partition coefficient (Wildman–Crippen LogP) is 1.79. The van der Waals surface area contributed by atoms with Crippen LogP contribution in [0.3, 0.4) is 0 Å². The minimum absolute atomic E-state index is 0.149. The van der Waals surface area contributed by atoms with E-state index < -0.39 is 5.82 Å². The highest BCUT2D eigenvalue weighted by atomic mass is 19.1. The summed E-state index contributed by atoms with van der Waals surface area (Å²) >= 11 is 0. The summed E-state index contributed by atoms with van der Waals surface area (Å²) in [5.41, 5.74) is 0.395. The number of carbonyl (C=O) groups is 1. The van der Waals surface area contributed by atoms with Crippen molar-refractivity contribution in [2.45, 2.75) is 26.3 Å². The average Bonchev–Trinajstić information content (AvgIpc) is 2.85. The monoisotopic (exact) mass is 237 g/mol. The Morgan fingerprint density at radius 1 is 1.59 bits per heavy atom. The second-order valence-corrected chi connectivity index (χ2v) is 5.02. The molecular weight excluding hydrogens is 221 g/mol. The Bertz CT molecular complexity index is 459. The molecule has 1 aliphatic rings. The number of rotatable bonds is 3. The van der Waals surface area contributed by atoms with E-state index in [-0.39, 0.29) is 22.9 Å². The van der Waals surface area contributed by atoms with Crippen LogP contribution in [0, 0.1) is 11.2 Å². The van der Waals surface area contributed by atoms with Crippen LogP contribution in [0.5, 0.6) is 0 Å². The molecule has 0 aromatic carbocycles. The number of nitrogens with one attached hydrogen (secondary N) is 2. The predicted molar refractivity (Wildman–Crippen MR) is 63.4 cm³/mol. The Balaban J connectivity index is 2.16. The Morgan fingerprint density at radius 3 is 2.76 bits per heavy atom. The van der Waals surface area contributed by atoms with Crippen molar-refractivity contribution in [3.05, 3.63) is 23.6 Å². The van der Waals surface area contributed by atoms with Crippen molar-refractivity contribution in [3.63, 3.8) is 0 Å². The van der Waals surface area contributed by atoms with Crippen molar-refractivity contribution < 1.29 is 9.18 Å². The van der Waals surface area contributed by atoms with Gasteiger partial charge in [0, 0.05) is 13.1 Å². The van der Waals surface area contributed by atoms with Gasteiger partial charge in [-0.3, -0.25) is 4.79 Å². The summed E-state index contributed by atoms with van der Waals surface area (Å²) in [6.07, 6.45) is 2.04. The molecule has 0 radical (unpaired) electrons. The molecule has 2 rings (SSSR count). The fraction of sp³-hybridized carbons (Fsp3) is 0.500. The first-order valence-corrected chi connectivity index (χ1v) is 5.58. The second kappa shape index (κ2) is 3.98. The minimum Gasteiger partial charge on any atom is -0.372 e. The topological polar surface area (TPSA) is 54.0 Å². The van der Waals surface area contributed by atoms with E-state index in [0.717, 1.165) is 12.6 Å². The van der Waals surface area contributed by atoms with Gasteiger partial charge in [0.1, 0.15) is 11.6 Å². The molecule has 0 bridgehead atoms. The molecule has 2 N–H and O–H groups in total. The molecule has 1 atom stereocenters. The maximum Gasteiger partial charge on any atom is 0.255 e. The van der Waals surface area contributed by atoms with Crippen molar-refractivity contribution >= 4 is 11.7 Å².